The topological polar surface area (TPSA) is 283 Å². The number of amides is 3. The maximum absolute atomic E-state index is 13.4. The minimum atomic E-state index is -1.20. The van der Waals surface area contributed by atoms with Gasteiger partial charge in [0.25, 0.3) is 5.91 Å². The molecule has 0 radical (unpaired) electrons. The minimum Gasteiger partial charge on any atom is -0.478 e. The molecule has 0 aliphatic heterocycles. The normalized spacial score (nSPS) is 10.6. The number of thiophene rings is 3. The molecule has 0 saturated carbocycles. The number of nitrogens with one attached hydrogen (secondary N) is 1. The molecule has 92 heavy (non-hydrogen) atoms. The molecule has 12 aromatic rings. The van der Waals surface area contributed by atoms with Gasteiger partial charge in [0.15, 0.2) is 5.76 Å². The maximum atomic E-state index is 13.4. The summed E-state index contributed by atoms with van der Waals surface area (Å²) in [5, 5.41) is 47.1. The largest absolute Gasteiger partial charge is 0.478 e. The van der Waals surface area contributed by atoms with E-state index in [4.69, 9.17) is 20.4 Å². The minimum absolute atomic E-state index is 0. The number of hydrogen-bond donors (Lipinski definition) is 4. The van der Waals surface area contributed by atoms with E-state index in [0.717, 1.165) is 27.1 Å². The van der Waals surface area contributed by atoms with E-state index >= 15 is 0 Å². The lowest BCUT2D eigenvalue weighted by Gasteiger charge is -2.21. The van der Waals surface area contributed by atoms with E-state index in [-0.39, 0.29) is 79.3 Å². The summed E-state index contributed by atoms with van der Waals surface area (Å²) < 4.78 is 13.9. The number of fused-ring (bicyclic) bond motifs is 1. The van der Waals surface area contributed by atoms with Gasteiger partial charge in [-0.2, -0.15) is 10.2 Å². The molecule has 0 spiro atoms. The second-order valence-electron chi connectivity index (χ2n) is 19.7. The molecule has 24 heteroatoms. The van der Waals surface area contributed by atoms with Crippen LogP contribution in [0.2, 0.25) is 5.02 Å². The fourth-order valence-corrected chi connectivity index (χ4v) is 12.5. The van der Waals surface area contributed by atoms with Gasteiger partial charge >= 0.3 is 17.9 Å². The van der Waals surface area contributed by atoms with E-state index in [2.05, 4.69) is 25.5 Å². The Morgan fingerprint density at radius 2 is 1.27 bits per heavy atom. The Balaban J connectivity index is 0.000000178. The number of aryl methyl sites for hydroxylation is 3. The predicted octanol–water partition coefficient (Wildman–Crippen LogP) is 15.6. The van der Waals surface area contributed by atoms with Gasteiger partial charge < -0.3 is 29.5 Å². The molecule has 4 N–H and O–H groups in total. The molecule has 12 rings (SSSR count). The summed E-state index contributed by atoms with van der Waals surface area (Å²) in [6.07, 6.45) is 13.1. The lowest BCUT2D eigenvalue weighted by atomic mass is 10.0. The number of benzene rings is 4. The first kappa shape index (κ1) is 67.2. The van der Waals surface area contributed by atoms with E-state index in [1.807, 2.05) is 85.8 Å². The second kappa shape index (κ2) is 31.1. The number of hydrogen-bond acceptors (Lipinski definition) is 16. The van der Waals surface area contributed by atoms with Gasteiger partial charge in [-0.3, -0.25) is 23.9 Å². The van der Waals surface area contributed by atoms with Crippen LogP contribution >= 0.6 is 45.6 Å². The first-order chi connectivity index (χ1) is 43.6. The number of furan rings is 2. The number of imide groups is 1. The molecule has 468 valence electrons. The molecule has 0 unspecified atom stereocenters. The van der Waals surface area contributed by atoms with Crippen LogP contribution in [-0.2, 0) is 35.4 Å². The zero-order valence-electron chi connectivity index (χ0n) is 47.5. The average Bonchev–Trinajstić information content (AvgIpc) is 1.65. The molecule has 0 saturated heterocycles. The summed E-state index contributed by atoms with van der Waals surface area (Å²) in [5.41, 5.74) is 6.21. The molecule has 20 nitrogen and oxygen atoms in total. The number of aromatic nitrogens is 6. The van der Waals surface area contributed by atoms with Crippen LogP contribution in [0.4, 0.5) is 11.4 Å². The van der Waals surface area contributed by atoms with E-state index < -0.39 is 35.6 Å². The van der Waals surface area contributed by atoms with E-state index in [1.165, 1.54) is 65.3 Å². The standard InChI is InChI=1S/C28H27N3O4S.C19H12ClN5O3S.C19H12O5S.2CH4/c1-2-30-18-17-22(29-30)27-26(28(34)35)23(19-36-27)31(24(32)15-13-20-9-5-3-6-10-20)25(33)16-14-21-11-7-4-8-12-21;20-13-1-3-14(4-2-13)25-8-12(7-23-25)17-16(19(27)28)15(9-29-17)24-18(26)11-5-21-10-22-6-11;20-14(16-8-11-3-1-2-4-15(11)24-16)7-13-10-25-18(17(13)19(21)22)12-5-6-23-9-12;;/h3-12,17-19H,2,13-16H2,1H3,(H,34,35);1-10H,(H,24,26)(H,27,28);1-6,8-10H,7H2,(H,21,22);2*1H4. The van der Waals surface area contributed by atoms with Crippen molar-refractivity contribution in [1.82, 2.24) is 29.5 Å². The molecule has 0 bridgehead atoms. The van der Waals surface area contributed by atoms with E-state index in [1.54, 1.807) is 92.6 Å². The fraction of sp³-hybridized carbons (Fsp3) is 0.132. The molecule has 3 amide bonds. The fourth-order valence-electron chi connectivity index (χ4n) is 9.40. The number of carboxylic acids is 3. The Morgan fingerprint density at radius 1 is 0.663 bits per heavy atom. The lowest BCUT2D eigenvalue weighted by Crippen LogP contribution is -2.38. The zero-order valence-corrected chi connectivity index (χ0v) is 50.7. The highest BCUT2D eigenvalue weighted by atomic mass is 35.5. The number of carboxylic acid groups (broad SMARTS) is 3. The van der Waals surface area contributed by atoms with Crippen molar-refractivity contribution < 1.29 is 57.7 Å². The van der Waals surface area contributed by atoms with Crippen molar-refractivity contribution in [3.05, 3.63) is 243 Å². The van der Waals surface area contributed by atoms with Gasteiger partial charge in [0.1, 0.15) is 28.7 Å². The van der Waals surface area contributed by atoms with E-state index in [9.17, 15) is 48.9 Å². The van der Waals surface area contributed by atoms with Crippen LogP contribution in [0.5, 0.6) is 0 Å². The van der Waals surface area contributed by atoms with Gasteiger partial charge in [0.05, 0.1) is 61.5 Å². The lowest BCUT2D eigenvalue weighted by molar-refractivity contribution is -0.126. The Labute approximate surface area is 544 Å². The molecule has 8 heterocycles. The van der Waals surface area contributed by atoms with Crippen LogP contribution in [0.15, 0.2) is 202 Å². The Hall–Kier alpha value is -10.7. The first-order valence-electron chi connectivity index (χ1n) is 27.6. The second-order valence-corrected chi connectivity index (χ2v) is 22.8. The van der Waals surface area contributed by atoms with Gasteiger partial charge in [-0.15, -0.1) is 34.0 Å². The summed E-state index contributed by atoms with van der Waals surface area (Å²) in [7, 11) is 0. The molecular formula is C68H59ClN8O12S3. The highest BCUT2D eigenvalue weighted by Gasteiger charge is 2.32. The van der Waals surface area contributed by atoms with Gasteiger partial charge in [-0.05, 0) is 90.4 Å². The number of nitrogens with zero attached hydrogens (tertiary/aromatic N) is 7. The third-order valence-corrected chi connectivity index (χ3v) is 17.1. The summed E-state index contributed by atoms with van der Waals surface area (Å²) in [4.78, 5) is 97.9. The number of carbonyl (C=O) groups excluding carboxylic acids is 4. The van der Waals surface area contributed by atoms with Gasteiger partial charge in [0.2, 0.25) is 17.6 Å². The highest BCUT2D eigenvalue weighted by Crippen LogP contribution is 2.40. The zero-order chi connectivity index (χ0) is 63.3. The third kappa shape index (κ3) is 16.0. The van der Waals surface area contributed by atoms with Crippen molar-refractivity contribution in [2.24, 2.45) is 0 Å². The number of halogens is 1. The van der Waals surface area contributed by atoms with Crippen molar-refractivity contribution in [2.45, 2.75) is 60.4 Å². The highest BCUT2D eigenvalue weighted by molar-refractivity contribution is 7.15. The van der Waals surface area contributed by atoms with Crippen molar-refractivity contribution in [3.63, 3.8) is 0 Å². The van der Waals surface area contributed by atoms with Crippen LogP contribution in [0.3, 0.4) is 0 Å². The van der Waals surface area contributed by atoms with Gasteiger partial charge in [-0.1, -0.05) is 105 Å². The number of Topliss-reactive ketones (excluding diaryl/α,β-unsaturated/α-hetero) is 1. The SMILES string of the molecule is C.C.CCn1ccc(-c2scc(N(C(=O)CCc3ccccc3)C(=O)CCc3ccccc3)c2C(=O)O)n1.O=C(Cc1csc(-c2ccoc2)c1C(=O)O)c1cc2ccccc2o1.O=C(Nc1csc(-c2cnn(-c3ccc(Cl)cc3)c2)c1C(=O)O)c1cncnc1. The summed E-state index contributed by atoms with van der Waals surface area (Å²) in [6, 6.07) is 38.6. The van der Waals surface area contributed by atoms with Crippen LogP contribution in [0.1, 0.15) is 103 Å². The molecule has 0 fully saturated rings. The Bertz CT molecular complexity index is 4430. The number of para-hydroxylation sites is 1. The number of aromatic carboxylic acids is 3. The monoisotopic (exact) mass is 1310 g/mol. The van der Waals surface area contributed by atoms with Crippen molar-refractivity contribution in [3.8, 4) is 37.1 Å². The smallest absolute Gasteiger partial charge is 0.339 e. The average molecular weight is 1310 g/mol. The number of anilines is 2. The molecule has 4 aromatic carbocycles. The van der Waals surface area contributed by atoms with Gasteiger partial charge in [-0.25, -0.2) is 33.9 Å². The number of carbonyl (C=O) groups is 7. The Kier molecular flexibility index (Phi) is 22.8. The van der Waals surface area contributed by atoms with Gasteiger partial charge in [0, 0.05) is 82.9 Å². The predicted molar refractivity (Wildman–Crippen MR) is 356 cm³/mol. The summed E-state index contributed by atoms with van der Waals surface area (Å²) in [6.45, 7) is 2.58. The molecule has 0 aliphatic rings. The number of ketones is 1. The van der Waals surface area contributed by atoms with Crippen molar-refractivity contribution >= 4 is 109 Å². The van der Waals surface area contributed by atoms with Crippen LogP contribution < -0.4 is 10.2 Å². The third-order valence-electron chi connectivity index (χ3n) is 13.8. The Morgan fingerprint density at radius 3 is 1.87 bits per heavy atom. The molecule has 0 aliphatic carbocycles. The van der Waals surface area contributed by atoms with Crippen LogP contribution in [0, 0.1) is 0 Å². The molecule has 8 aromatic heterocycles. The van der Waals surface area contributed by atoms with E-state index in [0.29, 0.717) is 67.0 Å². The number of rotatable bonds is 20. The van der Waals surface area contributed by atoms with Crippen LogP contribution in [0.25, 0.3) is 48.1 Å². The van der Waals surface area contributed by atoms with Crippen LogP contribution in [-0.4, -0.2) is 86.3 Å². The summed E-state index contributed by atoms with van der Waals surface area (Å²) in [5.74, 6) is -4.79. The first-order valence-corrected chi connectivity index (χ1v) is 30.6. The maximum Gasteiger partial charge on any atom is 0.339 e. The summed E-state index contributed by atoms with van der Waals surface area (Å²) >= 11 is 9.56. The molecule has 0 atom stereocenters. The van der Waals surface area contributed by atoms with Crippen molar-refractivity contribution in [2.75, 3.05) is 10.2 Å². The van der Waals surface area contributed by atoms with Crippen molar-refractivity contribution in [1.29, 1.82) is 0 Å². The molecular weight excluding hydrogens is 1250 g/mol. The quantitative estimate of drug-likeness (QED) is 0.0516.